The standard InChI is InChI=1S/C14H16N2O5/c1-8(2)21-14(20)12(9(3)17)16-15-11-6-4-10(5-7-11)13(18)19/h4-8,17H,1-3H3,(H,18,19)/b12-9+,16-15?. The highest BCUT2D eigenvalue weighted by atomic mass is 16.5. The maximum atomic E-state index is 11.7. The topological polar surface area (TPSA) is 109 Å². The molecule has 112 valence electrons. The van der Waals surface area contributed by atoms with Crippen molar-refractivity contribution in [2.45, 2.75) is 26.9 Å². The highest BCUT2D eigenvalue weighted by Gasteiger charge is 2.16. The number of aromatic carboxylic acids is 1. The number of benzene rings is 1. The van der Waals surface area contributed by atoms with Crippen molar-refractivity contribution in [2.75, 3.05) is 0 Å². The monoisotopic (exact) mass is 292 g/mol. The molecule has 7 nitrogen and oxygen atoms in total. The Morgan fingerprint density at radius 2 is 1.71 bits per heavy atom. The fourth-order valence-electron chi connectivity index (χ4n) is 1.31. The van der Waals surface area contributed by atoms with E-state index in [0.29, 0.717) is 5.69 Å². The van der Waals surface area contributed by atoms with Crippen LogP contribution in [0, 0.1) is 0 Å². The van der Waals surface area contributed by atoms with Crippen molar-refractivity contribution in [1.29, 1.82) is 0 Å². The molecule has 0 aromatic heterocycles. The number of hydrogen-bond donors (Lipinski definition) is 2. The molecule has 0 amide bonds. The van der Waals surface area contributed by atoms with Crippen LogP contribution in [0.2, 0.25) is 0 Å². The predicted molar refractivity (Wildman–Crippen MR) is 74.5 cm³/mol. The molecule has 0 saturated carbocycles. The molecule has 7 heteroatoms. The zero-order valence-corrected chi connectivity index (χ0v) is 11.9. The van der Waals surface area contributed by atoms with Crippen LogP contribution in [0.1, 0.15) is 31.1 Å². The van der Waals surface area contributed by atoms with Crippen molar-refractivity contribution in [2.24, 2.45) is 10.2 Å². The summed E-state index contributed by atoms with van der Waals surface area (Å²) in [6.07, 6.45) is -0.350. The van der Waals surface area contributed by atoms with E-state index in [1.165, 1.54) is 31.2 Å². The number of ether oxygens (including phenoxy) is 1. The second-order valence-electron chi connectivity index (χ2n) is 4.44. The summed E-state index contributed by atoms with van der Waals surface area (Å²) in [7, 11) is 0. The van der Waals surface area contributed by atoms with Gasteiger partial charge < -0.3 is 14.9 Å². The summed E-state index contributed by atoms with van der Waals surface area (Å²) >= 11 is 0. The van der Waals surface area contributed by atoms with Crippen molar-refractivity contribution in [3.8, 4) is 0 Å². The fraction of sp³-hybridized carbons (Fsp3) is 0.286. The number of nitrogens with zero attached hydrogens (tertiary/aromatic N) is 2. The van der Waals surface area contributed by atoms with E-state index < -0.39 is 11.9 Å². The number of carbonyl (C=O) groups is 2. The van der Waals surface area contributed by atoms with Gasteiger partial charge in [0.15, 0.2) is 0 Å². The van der Waals surface area contributed by atoms with Crippen LogP contribution in [0.15, 0.2) is 46.0 Å². The third-order valence-corrected chi connectivity index (χ3v) is 2.26. The first-order chi connectivity index (χ1) is 9.81. The summed E-state index contributed by atoms with van der Waals surface area (Å²) in [5.41, 5.74) is 0.157. The Balaban J connectivity index is 2.92. The Morgan fingerprint density at radius 1 is 1.14 bits per heavy atom. The molecule has 0 radical (unpaired) electrons. The number of esters is 1. The molecule has 0 aliphatic heterocycles. The highest BCUT2D eigenvalue weighted by molar-refractivity contribution is 5.88. The minimum absolute atomic E-state index is 0.113. The van der Waals surface area contributed by atoms with Gasteiger partial charge in [0, 0.05) is 0 Å². The molecule has 0 fully saturated rings. The van der Waals surface area contributed by atoms with Gasteiger partial charge >= 0.3 is 11.9 Å². The van der Waals surface area contributed by atoms with E-state index in [9.17, 15) is 14.7 Å². The molecule has 1 aromatic rings. The van der Waals surface area contributed by atoms with Crippen molar-refractivity contribution < 1.29 is 24.5 Å². The Labute approximate surface area is 121 Å². The van der Waals surface area contributed by atoms with E-state index in [2.05, 4.69) is 10.2 Å². The van der Waals surface area contributed by atoms with Gasteiger partial charge in [-0.05, 0) is 45.0 Å². The fourth-order valence-corrected chi connectivity index (χ4v) is 1.31. The van der Waals surface area contributed by atoms with Crippen molar-refractivity contribution in [1.82, 2.24) is 0 Å². The number of carboxylic acids is 1. The quantitative estimate of drug-likeness (QED) is 0.375. The van der Waals surface area contributed by atoms with Gasteiger partial charge in [-0.3, -0.25) is 0 Å². The zero-order chi connectivity index (χ0) is 16.0. The predicted octanol–water partition coefficient (Wildman–Crippen LogP) is 3.21. The molecule has 0 atom stereocenters. The van der Waals surface area contributed by atoms with Gasteiger partial charge in [0.05, 0.1) is 17.4 Å². The first kappa shape index (κ1) is 16.4. The van der Waals surface area contributed by atoms with Gasteiger partial charge in [-0.25, -0.2) is 9.59 Å². The first-order valence-corrected chi connectivity index (χ1v) is 6.17. The Bertz CT molecular complexity index is 584. The Morgan fingerprint density at radius 3 is 2.14 bits per heavy atom. The second-order valence-corrected chi connectivity index (χ2v) is 4.44. The minimum atomic E-state index is -1.05. The average molecular weight is 292 g/mol. The number of aliphatic hydroxyl groups is 1. The second kappa shape index (κ2) is 7.18. The first-order valence-electron chi connectivity index (χ1n) is 6.17. The number of allylic oxidation sites excluding steroid dienone is 1. The van der Waals surface area contributed by atoms with E-state index in [-0.39, 0.29) is 23.1 Å². The molecule has 21 heavy (non-hydrogen) atoms. The molecule has 0 spiro atoms. The van der Waals surface area contributed by atoms with Crippen molar-refractivity contribution >= 4 is 17.6 Å². The third-order valence-electron chi connectivity index (χ3n) is 2.26. The number of hydrogen-bond acceptors (Lipinski definition) is 6. The van der Waals surface area contributed by atoms with Crippen LogP contribution in [0.25, 0.3) is 0 Å². The number of rotatable bonds is 5. The van der Waals surface area contributed by atoms with Gasteiger partial charge in [0.2, 0.25) is 5.70 Å². The molecular formula is C14H16N2O5. The largest absolute Gasteiger partial charge is 0.510 e. The molecule has 0 saturated heterocycles. The normalized spacial score (nSPS) is 12.4. The van der Waals surface area contributed by atoms with Crippen LogP contribution in [0.3, 0.4) is 0 Å². The van der Waals surface area contributed by atoms with E-state index in [1.807, 2.05) is 0 Å². The van der Waals surface area contributed by atoms with E-state index in [4.69, 9.17) is 9.84 Å². The van der Waals surface area contributed by atoms with Crippen molar-refractivity contribution in [3.05, 3.63) is 41.3 Å². The van der Waals surface area contributed by atoms with Crippen LogP contribution in [0.4, 0.5) is 5.69 Å². The summed E-state index contributed by atoms with van der Waals surface area (Å²) in [5, 5.41) is 25.6. The highest BCUT2D eigenvalue weighted by Crippen LogP contribution is 2.17. The summed E-state index contributed by atoms with van der Waals surface area (Å²) in [4.78, 5) is 22.4. The maximum Gasteiger partial charge on any atom is 0.362 e. The smallest absolute Gasteiger partial charge is 0.362 e. The lowest BCUT2D eigenvalue weighted by molar-refractivity contribution is -0.142. The third kappa shape index (κ3) is 5.06. The van der Waals surface area contributed by atoms with Crippen LogP contribution >= 0.6 is 0 Å². The van der Waals surface area contributed by atoms with Crippen LogP contribution in [-0.2, 0) is 9.53 Å². The van der Waals surface area contributed by atoms with Gasteiger partial charge in [-0.15, -0.1) is 5.11 Å². The van der Waals surface area contributed by atoms with E-state index in [1.54, 1.807) is 13.8 Å². The van der Waals surface area contributed by atoms with E-state index >= 15 is 0 Å². The summed E-state index contributed by atoms with van der Waals surface area (Å²) in [5.74, 6) is -2.15. The average Bonchev–Trinajstić information content (AvgIpc) is 2.38. The molecule has 0 bridgehead atoms. The molecule has 0 heterocycles. The lowest BCUT2D eigenvalue weighted by Gasteiger charge is -2.07. The SMILES string of the molecule is C/C(O)=C(\N=Nc1ccc(C(=O)O)cc1)C(=O)OC(C)C. The van der Waals surface area contributed by atoms with Crippen LogP contribution in [-0.4, -0.2) is 28.3 Å². The van der Waals surface area contributed by atoms with Crippen molar-refractivity contribution in [3.63, 3.8) is 0 Å². The van der Waals surface area contributed by atoms with E-state index in [0.717, 1.165) is 0 Å². The number of carbonyl (C=O) groups excluding carboxylic acids is 1. The summed E-state index contributed by atoms with van der Waals surface area (Å²) in [6, 6.07) is 5.59. The number of carboxylic acid groups (broad SMARTS) is 1. The summed E-state index contributed by atoms with van der Waals surface area (Å²) < 4.78 is 4.92. The molecule has 0 unspecified atom stereocenters. The van der Waals surface area contributed by atoms with Crippen LogP contribution < -0.4 is 0 Å². The molecule has 1 aromatic carbocycles. The molecule has 0 aliphatic rings. The van der Waals surface area contributed by atoms with Gasteiger partial charge in [-0.2, -0.15) is 5.11 Å². The molecule has 1 rings (SSSR count). The van der Waals surface area contributed by atoms with Crippen LogP contribution in [0.5, 0.6) is 0 Å². The zero-order valence-electron chi connectivity index (χ0n) is 11.9. The lowest BCUT2D eigenvalue weighted by atomic mass is 10.2. The minimum Gasteiger partial charge on any atom is -0.510 e. The lowest BCUT2D eigenvalue weighted by Crippen LogP contribution is -2.13. The summed E-state index contributed by atoms with van der Waals surface area (Å²) in [6.45, 7) is 4.64. The maximum absolute atomic E-state index is 11.7. The molecule has 0 aliphatic carbocycles. The molecular weight excluding hydrogens is 276 g/mol. The Kier molecular flexibility index (Phi) is 5.59. The Hall–Kier alpha value is -2.70. The van der Waals surface area contributed by atoms with Gasteiger partial charge in [-0.1, -0.05) is 0 Å². The van der Waals surface area contributed by atoms with Gasteiger partial charge in [0.1, 0.15) is 5.76 Å². The number of aliphatic hydroxyl groups excluding tert-OH is 1. The van der Waals surface area contributed by atoms with Gasteiger partial charge in [0.25, 0.3) is 0 Å². The molecule has 2 N–H and O–H groups in total. The number of azo groups is 1.